The molecule has 15 heavy (non-hydrogen) atoms. The topological polar surface area (TPSA) is 46.2 Å². The van der Waals surface area contributed by atoms with Crippen molar-refractivity contribution in [3.8, 4) is 0 Å². The van der Waals surface area contributed by atoms with Gasteiger partial charge in [0.25, 0.3) is 0 Å². The average Bonchev–Trinajstić information content (AvgIpc) is 2.26. The van der Waals surface area contributed by atoms with E-state index in [0.717, 1.165) is 12.0 Å². The van der Waals surface area contributed by atoms with Gasteiger partial charge in [0.05, 0.1) is 6.10 Å². The Kier molecular flexibility index (Phi) is 4.79. The maximum atomic E-state index is 9.74. The predicted molar refractivity (Wildman–Crippen MR) is 63.7 cm³/mol. The zero-order valence-corrected chi connectivity index (χ0v) is 9.61. The first-order valence-electron chi connectivity index (χ1n) is 5.67. The number of rotatable bonds is 5. The van der Waals surface area contributed by atoms with E-state index in [4.69, 9.17) is 5.73 Å². The lowest BCUT2D eigenvalue weighted by Crippen LogP contribution is -2.24. The van der Waals surface area contributed by atoms with Crippen LogP contribution in [0.1, 0.15) is 43.9 Å². The van der Waals surface area contributed by atoms with Crippen molar-refractivity contribution in [2.24, 2.45) is 5.73 Å². The molecule has 1 aromatic rings. The second-order valence-electron chi connectivity index (χ2n) is 4.15. The van der Waals surface area contributed by atoms with Gasteiger partial charge in [-0.25, -0.2) is 0 Å². The van der Waals surface area contributed by atoms with E-state index in [0.29, 0.717) is 0 Å². The summed E-state index contributed by atoms with van der Waals surface area (Å²) in [6.07, 6.45) is 3.00. The van der Waals surface area contributed by atoms with Gasteiger partial charge in [0.1, 0.15) is 0 Å². The lowest BCUT2D eigenvalue weighted by atomic mass is 10.0. The van der Waals surface area contributed by atoms with Crippen LogP contribution in [0.5, 0.6) is 0 Å². The molecule has 0 amide bonds. The van der Waals surface area contributed by atoms with Crippen LogP contribution in [-0.4, -0.2) is 11.1 Å². The normalized spacial score (nSPS) is 14.9. The quantitative estimate of drug-likeness (QED) is 0.779. The standard InChI is InChI=1S/C13H21NO/c1-3-4-5-11-6-8-12(9-7-11)13(15)10(2)14/h6-10,13,15H,3-5,14H2,1-2H3/t10-,13-/m1/s1. The van der Waals surface area contributed by atoms with Crippen LogP contribution in [0.25, 0.3) is 0 Å². The maximum Gasteiger partial charge on any atom is 0.0938 e. The summed E-state index contributed by atoms with van der Waals surface area (Å²) in [5, 5.41) is 9.74. The fourth-order valence-electron chi connectivity index (χ4n) is 1.57. The van der Waals surface area contributed by atoms with Gasteiger partial charge in [-0.05, 0) is 30.9 Å². The van der Waals surface area contributed by atoms with E-state index in [1.54, 1.807) is 0 Å². The molecular formula is C13H21NO. The molecule has 0 spiro atoms. The lowest BCUT2D eigenvalue weighted by molar-refractivity contribution is 0.153. The van der Waals surface area contributed by atoms with E-state index < -0.39 is 6.10 Å². The molecule has 84 valence electrons. The monoisotopic (exact) mass is 207 g/mol. The molecule has 1 rings (SSSR count). The third kappa shape index (κ3) is 3.65. The van der Waals surface area contributed by atoms with Crippen LogP contribution in [-0.2, 0) is 6.42 Å². The smallest absolute Gasteiger partial charge is 0.0938 e. The number of nitrogens with two attached hydrogens (primary N) is 1. The minimum absolute atomic E-state index is 0.216. The summed E-state index contributed by atoms with van der Waals surface area (Å²) in [5.74, 6) is 0. The van der Waals surface area contributed by atoms with E-state index in [9.17, 15) is 5.11 Å². The first-order chi connectivity index (χ1) is 7.15. The highest BCUT2D eigenvalue weighted by Gasteiger charge is 2.11. The van der Waals surface area contributed by atoms with Crippen LogP contribution in [0.2, 0.25) is 0 Å². The van der Waals surface area contributed by atoms with Crippen LogP contribution in [0.3, 0.4) is 0 Å². The molecule has 0 heterocycles. The molecule has 0 aliphatic heterocycles. The minimum atomic E-state index is -0.551. The van der Waals surface area contributed by atoms with Gasteiger partial charge in [0.2, 0.25) is 0 Å². The SMILES string of the molecule is CCCCc1ccc([C@H](O)[C@@H](C)N)cc1. The highest BCUT2D eigenvalue weighted by atomic mass is 16.3. The fraction of sp³-hybridized carbons (Fsp3) is 0.538. The average molecular weight is 207 g/mol. The minimum Gasteiger partial charge on any atom is -0.387 e. The van der Waals surface area contributed by atoms with Crippen LogP contribution < -0.4 is 5.73 Å². The molecule has 0 saturated heterocycles. The largest absolute Gasteiger partial charge is 0.387 e. The molecule has 0 fully saturated rings. The number of benzene rings is 1. The Bertz CT molecular complexity index is 279. The Morgan fingerprint density at radius 3 is 2.33 bits per heavy atom. The van der Waals surface area contributed by atoms with E-state index >= 15 is 0 Å². The predicted octanol–water partition coefficient (Wildman–Crippen LogP) is 2.41. The third-order valence-electron chi connectivity index (χ3n) is 2.64. The van der Waals surface area contributed by atoms with Crippen LogP contribution in [0.4, 0.5) is 0 Å². The summed E-state index contributed by atoms with van der Waals surface area (Å²) < 4.78 is 0. The van der Waals surface area contributed by atoms with Crippen molar-refractivity contribution in [3.05, 3.63) is 35.4 Å². The lowest BCUT2D eigenvalue weighted by Gasteiger charge is -2.15. The zero-order chi connectivity index (χ0) is 11.3. The van der Waals surface area contributed by atoms with E-state index in [-0.39, 0.29) is 6.04 Å². The number of unbranched alkanes of at least 4 members (excludes halogenated alkanes) is 1. The summed E-state index contributed by atoms with van der Waals surface area (Å²) >= 11 is 0. The van der Waals surface area contributed by atoms with Crippen molar-refractivity contribution >= 4 is 0 Å². The first-order valence-corrected chi connectivity index (χ1v) is 5.67. The Morgan fingerprint density at radius 2 is 1.87 bits per heavy atom. The van der Waals surface area contributed by atoms with Gasteiger partial charge in [0.15, 0.2) is 0 Å². The Labute approximate surface area is 92.1 Å². The molecule has 0 bridgehead atoms. The van der Waals surface area contributed by atoms with Crippen molar-refractivity contribution in [3.63, 3.8) is 0 Å². The zero-order valence-electron chi connectivity index (χ0n) is 9.61. The molecule has 2 atom stereocenters. The molecule has 1 aromatic carbocycles. The van der Waals surface area contributed by atoms with Crippen molar-refractivity contribution in [2.75, 3.05) is 0 Å². The van der Waals surface area contributed by atoms with E-state index in [1.807, 2.05) is 19.1 Å². The first kappa shape index (κ1) is 12.2. The molecule has 2 heteroatoms. The van der Waals surface area contributed by atoms with Gasteiger partial charge in [0, 0.05) is 6.04 Å². The molecule has 0 saturated carbocycles. The Balaban J connectivity index is 2.63. The van der Waals surface area contributed by atoms with Crippen molar-refractivity contribution in [2.45, 2.75) is 45.3 Å². The third-order valence-corrected chi connectivity index (χ3v) is 2.64. The Hall–Kier alpha value is -0.860. The van der Waals surface area contributed by atoms with Gasteiger partial charge in [-0.1, -0.05) is 37.6 Å². The number of hydrogen-bond acceptors (Lipinski definition) is 2. The summed E-state index contributed by atoms with van der Waals surface area (Å²) in [5.41, 5.74) is 7.87. The van der Waals surface area contributed by atoms with E-state index in [1.165, 1.54) is 18.4 Å². The summed E-state index contributed by atoms with van der Waals surface area (Å²) in [6.45, 7) is 4.00. The molecular weight excluding hydrogens is 186 g/mol. The molecule has 2 nitrogen and oxygen atoms in total. The second-order valence-corrected chi connectivity index (χ2v) is 4.15. The van der Waals surface area contributed by atoms with Crippen LogP contribution in [0, 0.1) is 0 Å². The van der Waals surface area contributed by atoms with Crippen LogP contribution >= 0.6 is 0 Å². The van der Waals surface area contributed by atoms with Crippen molar-refractivity contribution in [1.82, 2.24) is 0 Å². The molecule has 0 aliphatic rings. The molecule has 0 aliphatic carbocycles. The second kappa shape index (κ2) is 5.89. The Morgan fingerprint density at radius 1 is 1.27 bits per heavy atom. The fourth-order valence-corrected chi connectivity index (χ4v) is 1.57. The van der Waals surface area contributed by atoms with Gasteiger partial charge in [-0.3, -0.25) is 0 Å². The number of aliphatic hydroxyl groups is 1. The summed E-state index contributed by atoms with van der Waals surface area (Å²) in [7, 11) is 0. The number of aryl methyl sites for hydroxylation is 1. The highest BCUT2D eigenvalue weighted by Crippen LogP contribution is 2.16. The van der Waals surface area contributed by atoms with Gasteiger partial charge in [-0.2, -0.15) is 0 Å². The number of aliphatic hydroxyl groups excluding tert-OH is 1. The van der Waals surface area contributed by atoms with E-state index in [2.05, 4.69) is 19.1 Å². The molecule has 0 radical (unpaired) electrons. The molecule has 0 unspecified atom stereocenters. The number of hydrogen-bond donors (Lipinski definition) is 2. The summed E-state index contributed by atoms with van der Waals surface area (Å²) in [6, 6.07) is 7.89. The van der Waals surface area contributed by atoms with Crippen molar-refractivity contribution in [1.29, 1.82) is 0 Å². The molecule has 3 N–H and O–H groups in total. The van der Waals surface area contributed by atoms with Gasteiger partial charge in [-0.15, -0.1) is 0 Å². The van der Waals surface area contributed by atoms with Crippen molar-refractivity contribution < 1.29 is 5.11 Å². The highest BCUT2D eigenvalue weighted by molar-refractivity contribution is 5.24. The summed E-state index contributed by atoms with van der Waals surface area (Å²) in [4.78, 5) is 0. The molecule has 0 aromatic heterocycles. The van der Waals surface area contributed by atoms with Gasteiger partial charge < -0.3 is 10.8 Å². The van der Waals surface area contributed by atoms with Crippen LogP contribution in [0.15, 0.2) is 24.3 Å². The van der Waals surface area contributed by atoms with Gasteiger partial charge >= 0.3 is 0 Å². The maximum absolute atomic E-state index is 9.74.